The van der Waals surface area contributed by atoms with E-state index >= 15 is 0 Å². The minimum Gasteiger partial charge on any atom is -0.368 e. The highest BCUT2D eigenvalue weighted by molar-refractivity contribution is 5.94. The van der Waals surface area contributed by atoms with E-state index in [1.54, 1.807) is 0 Å². The fraction of sp³-hybridized carbons (Fsp3) is 0.200. The SMILES string of the molecule is Cc1ccc(Cn2nc(C(=O)NCC(N)=O)ccc2=O)cc1. The van der Waals surface area contributed by atoms with E-state index in [-0.39, 0.29) is 24.3 Å². The number of carbonyl (C=O) groups is 2. The second kappa shape index (κ2) is 6.66. The van der Waals surface area contributed by atoms with Gasteiger partial charge in [0, 0.05) is 6.07 Å². The van der Waals surface area contributed by atoms with Crippen LogP contribution in [0.15, 0.2) is 41.2 Å². The highest BCUT2D eigenvalue weighted by atomic mass is 16.2. The summed E-state index contributed by atoms with van der Waals surface area (Å²) in [6, 6.07) is 10.2. The summed E-state index contributed by atoms with van der Waals surface area (Å²) < 4.78 is 1.20. The Hall–Kier alpha value is -2.96. The van der Waals surface area contributed by atoms with Crippen molar-refractivity contribution in [1.29, 1.82) is 0 Å². The van der Waals surface area contributed by atoms with Crippen molar-refractivity contribution in [3.63, 3.8) is 0 Å². The molecule has 0 spiro atoms. The molecular formula is C15H16N4O3. The number of amides is 2. The Morgan fingerprint density at radius 1 is 1.18 bits per heavy atom. The second-order valence-electron chi connectivity index (χ2n) is 4.85. The molecule has 2 aromatic rings. The maximum absolute atomic E-state index is 11.8. The van der Waals surface area contributed by atoms with E-state index in [9.17, 15) is 14.4 Å². The third-order valence-electron chi connectivity index (χ3n) is 2.98. The molecule has 1 aromatic carbocycles. The van der Waals surface area contributed by atoms with Gasteiger partial charge in [-0.05, 0) is 18.6 Å². The molecule has 2 rings (SSSR count). The molecule has 0 unspecified atom stereocenters. The zero-order valence-corrected chi connectivity index (χ0v) is 12.1. The smallest absolute Gasteiger partial charge is 0.272 e. The van der Waals surface area contributed by atoms with Gasteiger partial charge in [-0.2, -0.15) is 5.10 Å². The number of hydrogen-bond donors (Lipinski definition) is 2. The Kier molecular flexibility index (Phi) is 4.67. The predicted molar refractivity (Wildman–Crippen MR) is 80.3 cm³/mol. The molecule has 0 atom stereocenters. The minimum absolute atomic E-state index is 0.0490. The Morgan fingerprint density at radius 3 is 2.50 bits per heavy atom. The third kappa shape index (κ3) is 4.02. The van der Waals surface area contributed by atoms with E-state index in [2.05, 4.69) is 10.4 Å². The fourth-order valence-electron chi connectivity index (χ4n) is 1.81. The molecule has 0 bridgehead atoms. The Bertz CT molecular complexity index is 750. The van der Waals surface area contributed by atoms with Gasteiger partial charge in [0.2, 0.25) is 5.91 Å². The molecular weight excluding hydrogens is 284 g/mol. The molecule has 0 aliphatic carbocycles. The third-order valence-corrected chi connectivity index (χ3v) is 2.98. The van der Waals surface area contributed by atoms with Crippen molar-refractivity contribution in [1.82, 2.24) is 15.1 Å². The molecule has 0 saturated heterocycles. The van der Waals surface area contributed by atoms with Gasteiger partial charge < -0.3 is 11.1 Å². The lowest BCUT2D eigenvalue weighted by Crippen LogP contribution is -2.35. The van der Waals surface area contributed by atoms with Crippen LogP contribution in [0.4, 0.5) is 0 Å². The standard InChI is InChI=1S/C15H16N4O3/c1-10-2-4-11(5-3-10)9-19-14(21)7-6-12(18-19)15(22)17-8-13(16)20/h2-7H,8-9H2,1H3,(H2,16,20)(H,17,22). The topological polar surface area (TPSA) is 107 Å². The van der Waals surface area contributed by atoms with Gasteiger partial charge in [0.1, 0.15) is 5.69 Å². The van der Waals surface area contributed by atoms with Crippen molar-refractivity contribution in [3.8, 4) is 0 Å². The van der Waals surface area contributed by atoms with E-state index in [0.717, 1.165) is 11.1 Å². The van der Waals surface area contributed by atoms with Gasteiger partial charge in [-0.1, -0.05) is 29.8 Å². The van der Waals surface area contributed by atoms with Crippen molar-refractivity contribution in [2.24, 2.45) is 5.73 Å². The molecule has 0 radical (unpaired) electrons. The van der Waals surface area contributed by atoms with E-state index < -0.39 is 11.8 Å². The average Bonchev–Trinajstić information content (AvgIpc) is 2.49. The molecule has 0 fully saturated rings. The van der Waals surface area contributed by atoms with Crippen molar-refractivity contribution in [2.45, 2.75) is 13.5 Å². The molecule has 3 N–H and O–H groups in total. The van der Waals surface area contributed by atoms with Gasteiger partial charge in [0.15, 0.2) is 0 Å². The maximum Gasteiger partial charge on any atom is 0.272 e. The van der Waals surface area contributed by atoms with Crippen molar-refractivity contribution in [3.05, 3.63) is 63.6 Å². The van der Waals surface area contributed by atoms with Crippen LogP contribution < -0.4 is 16.6 Å². The monoisotopic (exact) mass is 300 g/mol. The van der Waals surface area contributed by atoms with E-state index in [1.165, 1.54) is 16.8 Å². The lowest BCUT2D eigenvalue weighted by Gasteiger charge is -2.07. The Labute approximate surface area is 126 Å². The van der Waals surface area contributed by atoms with Crippen LogP contribution in [0.25, 0.3) is 0 Å². The summed E-state index contributed by atoms with van der Waals surface area (Å²) in [6.07, 6.45) is 0. The number of rotatable bonds is 5. The van der Waals surface area contributed by atoms with Gasteiger partial charge in [-0.25, -0.2) is 4.68 Å². The van der Waals surface area contributed by atoms with Crippen LogP contribution in [0.3, 0.4) is 0 Å². The number of nitrogens with two attached hydrogens (primary N) is 1. The van der Waals surface area contributed by atoms with Crippen molar-refractivity contribution < 1.29 is 9.59 Å². The number of nitrogens with one attached hydrogen (secondary N) is 1. The second-order valence-corrected chi connectivity index (χ2v) is 4.85. The zero-order chi connectivity index (χ0) is 16.1. The Balaban J connectivity index is 2.19. The summed E-state index contributed by atoms with van der Waals surface area (Å²) in [7, 11) is 0. The normalized spacial score (nSPS) is 10.2. The first-order chi connectivity index (χ1) is 10.5. The van der Waals surface area contributed by atoms with E-state index in [4.69, 9.17) is 5.73 Å². The van der Waals surface area contributed by atoms with Crippen LogP contribution in [-0.4, -0.2) is 28.1 Å². The van der Waals surface area contributed by atoms with Crippen LogP contribution in [0.1, 0.15) is 21.6 Å². The highest BCUT2D eigenvalue weighted by Gasteiger charge is 2.10. The number of primary amides is 1. The molecule has 114 valence electrons. The van der Waals surface area contributed by atoms with Crippen LogP contribution in [0, 0.1) is 6.92 Å². The first kappa shape index (κ1) is 15.4. The predicted octanol–water partition coefficient (Wildman–Crippen LogP) is -0.185. The summed E-state index contributed by atoms with van der Waals surface area (Å²) in [5, 5.41) is 6.33. The maximum atomic E-state index is 11.8. The van der Waals surface area contributed by atoms with Crippen LogP contribution in [-0.2, 0) is 11.3 Å². The number of benzene rings is 1. The average molecular weight is 300 g/mol. The number of hydrogen-bond acceptors (Lipinski definition) is 4. The Morgan fingerprint density at radius 2 is 1.86 bits per heavy atom. The number of aromatic nitrogens is 2. The number of aryl methyl sites for hydroxylation is 1. The van der Waals surface area contributed by atoms with Gasteiger partial charge in [-0.15, -0.1) is 0 Å². The highest BCUT2D eigenvalue weighted by Crippen LogP contribution is 2.04. The van der Waals surface area contributed by atoms with Gasteiger partial charge in [-0.3, -0.25) is 14.4 Å². The molecule has 1 heterocycles. The van der Waals surface area contributed by atoms with Crippen molar-refractivity contribution in [2.75, 3.05) is 6.54 Å². The molecule has 7 heteroatoms. The van der Waals surface area contributed by atoms with E-state index in [1.807, 2.05) is 31.2 Å². The van der Waals surface area contributed by atoms with Gasteiger partial charge >= 0.3 is 0 Å². The lowest BCUT2D eigenvalue weighted by molar-refractivity contribution is -0.117. The molecule has 0 aliphatic rings. The van der Waals surface area contributed by atoms with Crippen molar-refractivity contribution >= 4 is 11.8 Å². The quantitative estimate of drug-likeness (QED) is 0.798. The van der Waals surface area contributed by atoms with Crippen LogP contribution in [0.5, 0.6) is 0 Å². The summed E-state index contributed by atoms with van der Waals surface area (Å²) >= 11 is 0. The lowest BCUT2D eigenvalue weighted by atomic mass is 10.1. The summed E-state index contributed by atoms with van der Waals surface area (Å²) in [5.41, 5.74) is 6.71. The molecule has 22 heavy (non-hydrogen) atoms. The minimum atomic E-state index is -0.652. The molecule has 2 amide bonds. The first-order valence-corrected chi connectivity index (χ1v) is 6.66. The molecule has 1 aromatic heterocycles. The number of carbonyl (C=O) groups excluding carboxylic acids is 2. The molecule has 7 nitrogen and oxygen atoms in total. The van der Waals surface area contributed by atoms with Gasteiger partial charge in [0.05, 0.1) is 13.1 Å². The van der Waals surface area contributed by atoms with Gasteiger partial charge in [0.25, 0.3) is 11.5 Å². The summed E-state index contributed by atoms with van der Waals surface area (Å²) in [5.74, 6) is -1.21. The van der Waals surface area contributed by atoms with Crippen LogP contribution >= 0.6 is 0 Å². The van der Waals surface area contributed by atoms with Crippen LogP contribution in [0.2, 0.25) is 0 Å². The zero-order valence-electron chi connectivity index (χ0n) is 12.1. The summed E-state index contributed by atoms with van der Waals surface area (Å²) in [6.45, 7) is 1.95. The first-order valence-electron chi connectivity index (χ1n) is 6.66. The molecule has 0 aliphatic heterocycles. The fourth-order valence-corrected chi connectivity index (χ4v) is 1.81. The largest absolute Gasteiger partial charge is 0.368 e. The molecule has 0 saturated carbocycles. The van der Waals surface area contributed by atoms with E-state index in [0.29, 0.717) is 0 Å². The summed E-state index contributed by atoms with van der Waals surface area (Å²) in [4.78, 5) is 34.3. The number of nitrogens with zero attached hydrogens (tertiary/aromatic N) is 2.